The first-order chi connectivity index (χ1) is 6.24. The summed E-state index contributed by atoms with van der Waals surface area (Å²) in [4.78, 5) is 12.1. The molecule has 1 aromatic heterocycles. The molecule has 0 bridgehead atoms. The van der Waals surface area contributed by atoms with Crippen LogP contribution in [0.2, 0.25) is 0 Å². The molecule has 13 heavy (non-hydrogen) atoms. The van der Waals surface area contributed by atoms with Crippen molar-refractivity contribution in [3.8, 4) is 0 Å². The van der Waals surface area contributed by atoms with Crippen molar-refractivity contribution in [2.75, 3.05) is 7.11 Å². The van der Waals surface area contributed by atoms with Gasteiger partial charge in [-0.05, 0) is 30.4 Å². The summed E-state index contributed by atoms with van der Waals surface area (Å²) in [5, 5.41) is 0. The van der Waals surface area contributed by atoms with E-state index >= 15 is 0 Å². The van der Waals surface area contributed by atoms with Gasteiger partial charge in [-0.15, -0.1) is 0 Å². The van der Waals surface area contributed by atoms with Crippen molar-refractivity contribution in [3.63, 3.8) is 0 Å². The maximum absolute atomic E-state index is 10.9. The van der Waals surface area contributed by atoms with Gasteiger partial charge in [-0.3, -0.25) is 4.79 Å². The highest BCUT2D eigenvalue weighted by molar-refractivity contribution is 7.05. The van der Waals surface area contributed by atoms with Gasteiger partial charge in [0.1, 0.15) is 6.04 Å². The van der Waals surface area contributed by atoms with Gasteiger partial charge in [0.25, 0.3) is 0 Å². The van der Waals surface area contributed by atoms with E-state index in [4.69, 9.17) is 5.73 Å². The van der Waals surface area contributed by atoms with Crippen molar-refractivity contribution in [3.05, 3.63) is 17.1 Å². The summed E-state index contributed by atoms with van der Waals surface area (Å²) in [5.74, 6) is -0.357. The SMILES string of the molecule is COC(=O)C(N)CCc1ccns1. The van der Waals surface area contributed by atoms with E-state index in [1.807, 2.05) is 6.07 Å². The van der Waals surface area contributed by atoms with Gasteiger partial charge >= 0.3 is 5.97 Å². The van der Waals surface area contributed by atoms with Crippen LogP contribution in [0.4, 0.5) is 0 Å². The van der Waals surface area contributed by atoms with Gasteiger partial charge in [0.05, 0.1) is 7.11 Å². The Bertz CT molecular complexity index is 261. The minimum absolute atomic E-state index is 0.357. The number of hydrogen-bond acceptors (Lipinski definition) is 5. The predicted molar refractivity (Wildman–Crippen MR) is 50.4 cm³/mol. The molecule has 0 fully saturated rings. The van der Waals surface area contributed by atoms with Crippen LogP contribution >= 0.6 is 11.5 Å². The molecule has 1 aromatic rings. The van der Waals surface area contributed by atoms with Crippen LogP contribution < -0.4 is 5.73 Å². The van der Waals surface area contributed by atoms with Crippen molar-refractivity contribution in [2.24, 2.45) is 5.73 Å². The van der Waals surface area contributed by atoms with Crippen LogP contribution in [0.5, 0.6) is 0 Å². The number of hydrogen-bond donors (Lipinski definition) is 1. The van der Waals surface area contributed by atoms with Gasteiger partial charge < -0.3 is 10.5 Å². The van der Waals surface area contributed by atoms with Gasteiger partial charge in [0.15, 0.2) is 0 Å². The van der Waals surface area contributed by atoms with Crippen LogP contribution in [0.25, 0.3) is 0 Å². The van der Waals surface area contributed by atoms with Gasteiger partial charge in [-0.1, -0.05) is 0 Å². The first-order valence-electron chi connectivity index (χ1n) is 3.97. The Kier molecular flexibility index (Phi) is 3.85. The van der Waals surface area contributed by atoms with E-state index in [2.05, 4.69) is 9.11 Å². The number of esters is 1. The van der Waals surface area contributed by atoms with Gasteiger partial charge in [-0.25, -0.2) is 4.37 Å². The van der Waals surface area contributed by atoms with Crippen molar-refractivity contribution in [1.29, 1.82) is 0 Å². The highest BCUT2D eigenvalue weighted by Gasteiger charge is 2.13. The molecule has 5 heteroatoms. The third-order valence-corrected chi connectivity index (χ3v) is 2.50. The molecule has 4 nitrogen and oxygen atoms in total. The number of aryl methyl sites for hydroxylation is 1. The number of nitrogens with two attached hydrogens (primary N) is 1. The molecule has 0 spiro atoms. The number of carbonyl (C=O) groups is 1. The van der Waals surface area contributed by atoms with E-state index < -0.39 is 6.04 Å². The summed E-state index contributed by atoms with van der Waals surface area (Å²) in [7, 11) is 1.34. The Balaban J connectivity index is 2.30. The molecule has 1 unspecified atom stereocenters. The van der Waals surface area contributed by atoms with Crippen LogP contribution in [0, 0.1) is 0 Å². The molecule has 0 saturated heterocycles. The second-order valence-electron chi connectivity index (χ2n) is 2.65. The maximum Gasteiger partial charge on any atom is 0.322 e. The molecule has 1 rings (SSSR count). The third kappa shape index (κ3) is 3.12. The molecule has 1 atom stereocenters. The number of rotatable bonds is 4. The molecule has 0 aromatic carbocycles. The minimum atomic E-state index is -0.521. The molecular formula is C8H12N2O2S. The monoisotopic (exact) mass is 200 g/mol. The number of nitrogens with zero attached hydrogens (tertiary/aromatic N) is 1. The van der Waals surface area contributed by atoms with E-state index in [1.54, 1.807) is 6.20 Å². The minimum Gasteiger partial charge on any atom is -0.468 e. The van der Waals surface area contributed by atoms with Gasteiger partial charge in [0, 0.05) is 11.1 Å². The summed E-state index contributed by atoms with van der Waals surface area (Å²) < 4.78 is 8.46. The van der Waals surface area contributed by atoms with E-state index in [0.29, 0.717) is 6.42 Å². The molecule has 0 radical (unpaired) electrons. The molecule has 1 heterocycles. The second kappa shape index (κ2) is 4.94. The van der Waals surface area contributed by atoms with Crippen LogP contribution in [0.15, 0.2) is 12.3 Å². The highest BCUT2D eigenvalue weighted by atomic mass is 32.1. The van der Waals surface area contributed by atoms with Crippen LogP contribution in [0.3, 0.4) is 0 Å². The lowest BCUT2D eigenvalue weighted by molar-refractivity contribution is -0.142. The van der Waals surface area contributed by atoms with Crippen LogP contribution in [-0.4, -0.2) is 23.5 Å². The zero-order valence-electron chi connectivity index (χ0n) is 7.40. The van der Waals surface area contributed by atoms with Crippen LogP contribution in [0.1, 0.15) is 11.3 Å². The Morgan fingerprint density at radius 1 is 1.85 bits per heavy atom. The van der Waals surface area contributed by atoms with E-state index in [9.17, 15) is 4.79 Å². The molecule has 0 aliphatic heterocycles. The molecule has 0 amide bonds. The fourth-order valence-electron chi connectivity index (χ4n) is 0.938. The zero-order chi connectivity index (χ0) is 9.68. The standard InChI is InChI=1S/C8H12N2O2S/c1-12-8(11)7(9)3-2-6-4-5-10-13-6/h4-5,7H,2-3,9H2,1H3. The number of ether oxygens (including phenoxy) is 1. The molecule has 0 aliphatic rings. The quantitative estimate of drug-likeness (QED) is 0.722. The summed E-state index contributed by atoms with van der Waals surface area (Å²) in [6, 6.07) is 1.40. The van der Waals surface area contributed by atoms with Crippen molar-refractivity contribution >= 4 is 17.5 Å². The maximum atomic E-state index is 10.9. The summed E-state index contributed by atoms with van der Waals surface area (Å²) in [5.41, 5.74) is 5.55. The largest absolute Gasteiger partial charge is 0.468 e. The highest BCUT2D eigenvalue weighted by Crippen LogP contribution is 2.08. The van der Waals surface area contributed by atoms with Gasteiger partial charge in [0.2, 0.25) is 0 Å². The molecule has 0 saturated carbocycles. The van der Waals surface area contributed by atoms with Gasteiger partial charge in [-0.2, -0.15) is 0 Å². The summed E-state index contributed by atoms with van der Waals surface area (Å²) >= 11 is 1.43. The molecule has 72 valence electrons. The zero-order valence-corrected chi connectivity index (χ0v) is 8.21. The summed E-state index contributed by atoms with van der Waals surface area (Å²) in [6.07, 6.45) is 3.12. The smallest absolute Gasteiger partial charge is 0.322 e. The lowest BCUT2D eigenvalue weighted by Crippen LogP contribution is -2.31. The third-order valence-electron chi connectivity index (χ3n) is 1.70. The van der Waals surface area contributed by atoms with Crippen molar-refractivity contribution < 1.29 is 9.53 Å². The fourth-order valence-corrected chi connectivity index (χ4v) is 1.53. The number of aromatic nitrogens is 1. The lowest BCUT2D eigenvalue weighted by Gasteiger charge is -2.06. The average molecular weight is 200 g/mol. The Morgan fingerprint density at radius 3 is 3.15 bits per heavy atom. The fraction of sp³-hybridized carbons (Fsp3) is 0.500. The number of methoxy groups -OCH3 is 1. The van der Waals surface area contributed by atoms with E-state index in [0.717, 1.165) is 11.3 Å². The predicted octanol–water partition coefficient (Wildman–Crippen LogP) is 0.576. The number of carbonyl (C=O) groups excluding carboxylic acids is 1. The Hall–Kier alpha value is -0.940. The van der Waals surface area contributed by atoms with Crippen molar-refractivity contribution in [2.45, 2.75) is 18.9 Å². The first kappa shape index (κ1) is 10.1. The van der Waals surface area contributed by atoms with E-state index in [1.165, 1.54) is 18.6 Å². The second-order valence-corrected chi connectivity index (χ2v) is 3.56. The Labute approximate surface area is 80.9 Å². The molecule has 2 N–H and O–H groups in total. The Morgan fingerprint density at radius 2 is 2.62 bits per heavy atom. The van der Waals surface area contributed by atoms with E-state index in [-0.39, 0.29) is 5.97 Å². The van der Waals surface area contributed by atoms with Crippen molar-refractivity contribution in [1.82, 2.24) is 4.37 Å². The van der Waals surface area contributed by atoms with Crippen LogP contribution in [-0.2, 0) is 16.0 Å². The molecule has 0 aliphatic carbocycles. The summed E-state index contributed by atoms with van der Waals surface area (Å²) in [6.45, 7) is 0. The topological polar surface area (TPSA) is 65.2 Å². The first-order valence-corrected chi connectivity index (χ1v) is 4.74. The lowest BCUT2D eigenvalue weighted by atomic mass is 10.1. The average Bonchev–Trinajstić information content (AvgIpc) is 2.65. The normalized spacial score (nSPS) is 12.5. The molecular weight excluding hydrogens is 188 g/mol.